The molecule has 1 N–H and O–H groups in total. The molecule has 1 fully saturated rings. The average Bonchev–Trinajstić information content (AvgIpc) is 3.06. The predicted octanol–water partition coefficient (Wildman–Crippen LogP) is 0.251. The van der Waals surface area contributed by atoms with E-state index >= 15 is 0 Å². The lowest BCUT2D eigenvalue weighted by molar-refractivity contribution is -0.119. The van der Waals surface area contributed by atoms with E-state index in [0.717, 1.165) is 12.8 Å². The van der Waals surface area contributed by atoms with Crippen LogP contribution >= 0.6 is 11.8 Å². The van der Waals surface area contributed by atoms with Gasteiger partial charge in [-0.25, -0.2) is 4.68 Å². The zero-order chi connectivity index (χ0) is 13.0. The molecule has 1 aromatic heterocycles. The lowest BCUT2D eigenvalue weighted by atomic mass is 10.3. The Hall–Kier alpha value is -1.15. The summed E-state index contributed by atoms with van der Waals surface area (Å²) in [5.74, 6) is 0.288. The Morgan fingerprint density at radius 3 is 3.11 bits per heavy atom. The van der Waals surface area contributed by atoms with E-state index in [-0.39, 0.29) is 11.9 Å². The number of ether oxygens (including phenoxy) is 1. The third-order valence-corrected chi connectivity index (χ3v) is 3.45. The number of tetrazole rings is 1. The van der Waals surface area contributed by atoms with Crippen LogP contribution in [0, 0.1) is 0 Å². The van der Waals surface area contributed by atoms with E-state index in [4.69, 9.17) is 4.74 Å². The fourth-order valence-electron chi connectivity index (χ4n) is 1.57. The summed E-state index contributed by atoms with van der Waals surface area (Å²) >= 11 is 1.36. The molecule has 0 aliphatic heterocycles. The van der Waals surface area contributed by atoms with Crippen LogP contribution < -0.4 is 5.32 Å². The van der Waals surface area contributed by atoms with Crippen molar-refractivity contribution in [2.45, 2.75) is 37.0 Å². The van der Waals surface area contributed by atoms with E-state index < -0.39 is 0 Å². The molecule has 1 saturated carbocycles. The molecule has 1 aromatic rings. The molecular formula is C10H17N5O2S. The minimum Gasteiger partial charge on any atom is -0.383 e. The number of thioether (sulfide) groups is 1. The summed E-state index contributed by atoms with van der Waals surface area (Å²) < 4.78 is 6.76. The second kappa shape index (κ2) is 6.14. The van der Waals surface area contributed by atoms with Gasteiger partial charge in [0.1, 0.15) is 0 Å². The number of aromatic nitrogens is 4. The topological polar surface area (TPSA) is 81.9 Å². The molecule has 1 aliphatic carbocycles. The third kappa shape index (κ3) is 3.67. The second-order valence-electron chi connectivity index (χ2n) is 4.35. The lowest BCUT2D eigenvalue weighted by Gasteiger charge is -2.12. The maximum atomic E-state index is 11.7. The Morgan fingerprint density at radius 1 is 1.67 bits per heavy atom. The van der Waals surface area contributed by atoms with Gasteiger partial charge in [-0.3, -0.25) is 4.79 Å². The largest absolute Gasteiger partial charge is 0.383 e. The molecule has 0 saturated heterocycles. The number of hydrogen-bond donors (Lipinski definition) is 1. The number of carbonyl (C=O) groups is 1. The number of hydrogen-bond acceptors (Lipinski definition) is 6. The number of methoxy groups -OCH3 is 1. The maximum absolute atomic E-state index is 11.7. The van der Waals surface area contributed by atoms with E-state index in [2.05, 4.69) is 20.8 Å². The highest BCUT2D eigenvalue weighted by atomic mass is 32.2. The minimum absolute atomic E-state index is 0.0162. The molecule has 1 atom stereocenters. The first-order chi connectivity index (χ1) is 8.70. The molecule has 0 spiro atoms. The van der Waals surface area contributed by atoms with Crippen LogP contribution in [0.15, 0.2) is 5.16 Å². The molecule has 1 amide bonds. The monoisotopic (exact) mass is 271 g/mol. The van der Waals surface area contributed by atoms with E-state index in [1.807, 2.05) is 6.92 Å². The summed E-state index contributed by atoms with van der Waals surface area (Å²) in [6, 6.07) is 0.445. The van der Waals surface area contributed by atoms with Crippen molar-refractivity contribution in [1.29, 1.82) is 0 Å². The molecule has 0 radical (unpaired) electrons. The SMILES string of the molecule is COCC(C)NC(=O)CSc1nnnn1C1CC1. The number of rotatable bonds is 7. The predicted molar refractivity (Wildman–Crippen MR) is 66.3 cm³/mol. The van der Waals surface area contributed by atoms with Gasteiger partial charge < -0.3 is 10.1 Å². The number of nitrogens with one attached hydrogen (secondary N) is 1. The summed E-state index contributed by atoms with van der Waals surface area (Å²) in [5, 5.41) is 15.1. The standard InChI is InChI=1S/C10H17N5O2S/c1-7(5-17-2)11-9(16)6-18-10-12-13-14-15(10)8-3-4-8/h7-8H,3-6H2,1-2H3,(H,11,16). The quantitative estimate of drug-likeness (QED) is 0.716. The zero-order valence-electron chi connectivity index (χ0n) is 10.5. The number of carbonyl (C=O) groups excluding carboxylic acids is 1. The summed E-state index contributed by atoms with van der Waals surface area (Å²) in [6.45, 7) is 2.41. The van der Waals surface area contributed by atoms with Gasteiger partial charge in [0, 0.05) is 13.2 Å². The lowest BCUT2D eigenvalue weighted by Crippen LogP contribution is -2.36. The Kier molecular flexibility index (Phi) is 4.54. The number of nitrogens with zero attached hydrogens (tertiary/aromatic N) is 4. The van der Waals surface area contributed by atoms with Crippen LogP contribution in [0.5, 0.6) is 0 Å². The molecule has 1 unspecified atom stereocenters. The van der Waals surface area contributed by atoms with Crippen molar-refractivity contribution < 1.29 is 9.53 Å². The molecule has 0 bridgehead atoms. The van der Waals surface area contributed by atoms with E-state index in [1.165, 1.54) is 11.8 Å². The molecule has 18 heavy (non-hydrogen) atoms. The maximum Gasteiger partial charge on any atom is 0.230 e. The van der Waals surface area contributed by atoms with Crippen LogP contribution in [0.25, 0.3) is 0 Å². The normalized spacial score (nSPS) is 16.6. The van der Waals surface area contributed by atoms with Gasteiger partial charge in [-0.2, -0.15) is 0 Å². The van der Waals surface area contributed by atoms with Crippen molar-refractivity contribution in [2.24, 2.45) is 0 Å². The van der Waals surface area contributed by atoms with E-state index in [1.54, 1.807) is 11.8 Å². The van der Waals surface area contributed by atoms with Gasteiger partial charge in [-0.05, 0) is 30.2 Å². The summed E-state index contributed by atoms with van der Waals surface area (Å²) in [6.07, 6.45) is 2.24. The van der Waals surface area contributed by atoms with Crippen molar-refractivity contribution in [3.8, 4) is 0 Å². The van der Waals surface area contributed by atoms with Crippen LogP contribution in [0.1, 0.15) is 25.8 Å². The van der Waals surface area contributed by atoms with Gasteiger partial charge in [0.25, 0.3) is 0 Å². The van der Waals surface area contributed by atoms with Crippen molar-refractivity contribution in [3.05, 3.63) is 0 Å². The highest BCUT2D eigenvalue weighted by Gasteiger charge is 2.28. The van der Waals surface area contributed by atoms with Crippen LogP contribution in [-0.4, -0.2) is 51.6 Å². The van der Waals surface area contributed by atoms with Crippen molar-refractivity contribution >= 4 is 17.7 Å². The van der Waals surface area contributed by atoms with Crippen LogP contribution in [0.3, 0.4) is 0 Å². The van der Waals surface area contributed by atoms with Gasteiger partial charge >= 0.3 is 0 Å². The van der Waals surface area contributed by atoms with Crippen LogP contribution in [0.2, 0.25) is 0 Å². The molecule has 8 heteroatoms. The number of amides is 1. The fraction of sp³-hybridized carbons (Fsp3) is 0.800. The molecule has 1 aliphatic rings. The van der Waals surface area contributed by atoms with Crippen molar-refractivity contribution in [3.63, 3.8) is 0 Å². The minimum atomic E-state index is -0.0325. The smallest absolute Gasteiger partial charge is 0.230 e. The summed E-state index contributed by atoms with van der Waals surface area (Å²) in [5.41, 5.74) is 0. The summed E-state index contributed by atoms with van der Waals surface area (Å²) in [7, 11) is 1.61. The Morgan fingerprint density at radius 2 is 2.44 bits per heavy atom. The van der Waals surface area contributed by atoms with Crippen molar-refractivity contribution in [1.82, 2.24) is 25.5 Å². The average molecular weight is 271 g/mol. The molecule has 100 valence electrons. The molecule has 0 aromatic carbocycles. The van der Waals surface area contributed by atoms with Gasteiger partial charge in [0.05, 0.1) is 18.4 Å². The second-order valence-corrected chi connectivity index (χ2v) is 5.29. The molecule has 2 rings (SSSR count). The Balaban J connectivity index is 1.76. The van der Waals surface area contributed by atoms with Crippen LogP contribution in [0.4, 0.5) is 0 Å². The first kappa shape index (κ1) is 13.3. The van der Waals surface area contributed by atoms with E-state index in [0.29, 0.717) is 23.6 Å². The first-order valence-corrected chi connectivity index (χ1v) is 6.88. The van der Waals surface area contributed by atoms with Gasteiger partial charge in [0.2, 0.25) is 11.1 Å². The van der Waals surface area contributed by atoms with Gasteiger partial charge in [0.15, 0.2) is 0 Å². The molecular weight excluding hydrogens is 254 g/mol. The highest BCUT2D eigenvalue weighted by Crippen LogP contribution is 2.36. The molecule has 1 heterocycles. The zero-order valence-corrected chi connectivity index (χ0v) is 11.3. The summed E-state index contributed by atoms with van der Waals surface area (Å²) in [4.78, 5) is 11.7. The third-order valence-electron chi connectivity index (χ3n) is 2.51. The van der Waals surface area contributed by atoms with E-state index in [9.17, 15) is 4.79 Å². The first-order valence-electron chi connectivity index (χ1n) is 5.89. The van der Waals surface area contributed by atoms with Gasteiger partial charge in [-0.15, -0.1) is 5.10 Å². The van der Waals surface area contributed by atoms with Gasteiger partial charge in [-0.1, -0.05) is 11.8 Å². The molecule has 7 nitrogen and oxygen atoms in total. The fourth-order valence-corrected chi connectivity index (χ4v) is 2.32. The Labute approximate surface area is 110 Å². The Bertz CT molecular complexity index is 407. The highest BCUT2D eigenvalue weighted by molar-refractivity contribution is 7.99. The van der Waals surface area contributed by atoms with Crippen LogP contribution in [-0.2, 0) is 9.53 Å². The van der Waals surface area contributed by atoms with Crippen molar-refractivity contribution in [2.75, 3.05) is 19.5 Å².